The number of alkyl carbamates (subject to hydrolysis) is 1. The van der Waals surface area contributed by atoms with Crippen LogP contribution in [0.15, 0.2) is 48.5 Å². The molecule has 0 unspecified atom stereocenters. The van der Waals surface area contributed by atoms with Crippen molar-refractivity contribution in [2.45, 2.75) is 20.3 Å². The fourth-order valence-corrected chi connectivity index (χ4v) is 3.95. The number of ether oxygens (including phenoxy) is 3. The minimum absolute atomic E-state index is 0.305. The number of nitrogens with zero attached hydrogens (tertiary/aromatic N) is 1. The monoisotopic (exact) mass is 459 g/mol. The maximum Gasteiger partial charge on any atom is 0.406 e. The Morgan fingerprint density at radius 2 is 1.59 bits per heavy atom. The predicted octanol–water partition coefficient (Wildman–Crippen LogP) is 5.66. The van der Waals surface area contributed by atoms with Crippen molar-refractivity contribution in [3.8, 4) is 11.5 Å². The number of fused-ring (bicyclic) bond motifs is 2. The number of carbonyl (C=O) groups is 1. The Morgan fingerprint density at radius 3 is 2.32 bits per heavy atom. The average Bonchev–Trinajstić information content (AvgIpc) is 2.84. The average molecular weight is 460 g/mol. The zero-order valence-corrected chi connectivity index (χ0v) is 20.1. The fraction of sp³-hybridized carbons (Fsp3) is 0.259. The van der Waals surface area contributed by atoms with Gasteiger partial charge in [-0.2, -0.15) is 0 Å². The summed E-state index contributed by atoms with van der Waals surface area (Å²) in [5.41, 5.74) is 7.03. The van der Waals surface area contributed by atoms with Crippen molar-refractivity contribution in [2.24, 2.45) is 0 Å². The third-order valence-electron chi connectivity index (χ3n) is 5.92. The van der Waals surface area contributed by atoms with Crippen molar-refractivity contribution in [1.29, 1.82) is 0 Å². The Kier molecular flexibility index (Phi) is 6.72. The van der Waals surface area contributed by atoms with E-state index >= 15 is 0 Å². The number of methoxy groups -OCH3 is 2. The molecule has 0 aliphatic heterocycles. The summed E-state index contributed by atoms with van der Waals surface area (Å²) in [5.74, 6) is 1.28. The molecule has 0 aliphatic rings. The number of aromatic nitrogens is 1. The van der Waals surface area contributed by atoms with E-state index in [2.05, 4.69) is 42.7 Å². The molecule has 1 aromatic heterocycles. The number of nitrogens with one attached hydrogen (secondary N) is 2. The second-order valence-electron chi connectivity index (χ2n) is 8.13. The van der Waals surface area contributed by atoms with E-state index in [1.54, 1.807) is 21.3 Å². The van der Waals surface area contributed by atoms with Gasteiger partial charge in [0, 0.05) is 36.0 Å². The number of rotatable bonds is 7. The van der Waals surface area contributed by atoms with Gasteiger partial charge in [-0.25, -0.2) is 9.78 Å². The van der Waals surface area contributed by atoms with Gasteiger partial charge in [-0.1, -0.05) is 12.1 Å². The SMILES string of the molecule is CNC(=O)OCCc1cccc(Nc2c3cc(C)c(C)cc3nc3cc(OC)c(OC)cc23)c1. The number of hydrogen-bond donors (Lipinski definition) is 2. The lowest BCUT2D eigenvalue weighted by Gasteiger charge is -2.17. The Labute approximate surface area is 199 Å². The third kappa shape index (κ3) is 4.69. The first kappa shape index (κ1) is 23.2. The Morgan fingerprint density at radius 1 is 0.912 bits per heavy atom. The van der Waals surface area contributed by atoms with Crippen molar-refractivity contribution in [1.82, 2.24) is 10.3 Å². The highest BCUT2D eigenvalue weighted by Crippen LogP contribution is 2.39. The maximum absolute atomic E-state index is 11.3. The highest BCUT2D eigenvalue weighted by Gasteiger charge is 2.15. The summed E-state index contributed by atoms with van der Waals surface area (Å²) in [4.78, 5) is 16.3. The zero-order valence-electron chi connectivity index (χ0n) is 20.1. The molecule has 2 N–H and O–H groups in total. The van der Waals surface area contributed by atoms with E-state index < -0.39 is 6.09 Å². The van der Waals surface area contributed by atoms with Gasteiger partial charge in [0.2, 0.25) is 0 Å². The third-order valence-corrected chi connectivity index (χ3v) is 5.92. The van der Waals surface area contributed by atoms with E-state index in [0.717, 1.165) is 38.7 Å². The van der Waals surface area contributed by atoms with Gasteiger partial charge >= 0.3 is 6.09 Å². The molecule has 7 heteroatoms. The van der Waals surface area contributed by atoms with Crippen LogP contribution in [0.2, 0.25) is 0 Å². The summed E-state index contributed by atoms with van der Waals surface area (Å²) >= 11 is 0. The second-order valence-corrected chi connectivity index (χ2v) is 8.13. The number of carbonyl (C=O) groups excluding carboxylic acids is 1. The van der Waals surface area contributed by atoms with Crippen LogP contribution in [-0.4, -0.2) is 39.0 Å². The molecule has 0 saturated heterocycles. The minimum Gasteiger partial charge on any atom is -0.493 e. The molecule has 4 rings (SSSR count). The van der Waals surface area contributed by atoms with Crippen LogP contribution in [0.25, 0.3) is 21.8 Å². The minimum atomic E-state index is -0.431. The molecule has 176 valence electrons. The number of aryl methyl sites for hydroxylation is 2. The van der Waals surface area contributed by atoms with E-state index in [0.29, 0.717) is 24.5 Å². The molecule has 0 atom stereocenters. The van der Waals surface area contributed by atoms with E-state index in [4.69, 9.17) is 19.2 Å². The molecule has 0 spiro atoms. The van der Waals surface area contributed by atoms with Gasteiger partial charge in [-0.05, 0) is 60.9 Å². The van der Waals surface area contributed by atoms with Gasteiger partial charge < -0.3 is 24.8 Å². The summed E-state index contributed by atoms with van der Waals surface area (Å²) in [6.45, 7) is 4.50. The predicted molar refractivity (Wildman–Crippen MR) is 136 cm³/mol. The molecular weight excluding hydrogens is 430 g/mol. The quantitative estimate of drug-likeness (QED) is 0.347. The van der Waals surface area contributed by atoms with Gasteiger partial charge in [-0.15, -0.1) is 0 Å². The van der Waals surface area contributed by atoms with Crippen molar-refractivity contribution >= 4 is 39.3 Å². The van der Waals surface area contributed by atoms with Gasteiger partial charge in [0.25, 0.3) is 0 Å². The molecular formula is C27H29N3O4. The molecule has 3 aromatic carbocycles. The van der Waals surface area contributed by atoms with E-state index in [1.807, 2.05) is 30.3 Å². The fourth-order valence-electron chi connectivity index (χ4n) is 3.95. The highest BCUT2D eigenvalue weighted by atomic mass is 16.5. The largest absolute Gasteiger partial charge is 0.493 e. The summed E-state index contributed by atoms with van der Waals surface area (Å²) in [7, 11) is 4.80. The van der Waals surface area contributed by atoms with Gasteiger partial charge in [-0.3, -0.25) is 0 Å². The summed E-state index contributed by atoms with van der Waals surface area (Å²) in [6.07, 6.45) is 0.184. The smallest absolute Gasteiger partial charge is 0.406 e. The Bertz CT molecular complexity index is 1370. The first-order chi connectivity index (χ1) is 16.4. The molecule has 4 aromatic rings. The molecule has 1 amide bonds. The van der Waals surface area contributed by atoms with Crippen molar-refractivity contribution in [2.75, 3.05) is 33.2 Å². The zero-order chi connectivity index (χ0) is 24.2. The topological polar surface area (TPSA) is 81.7 Å². The van der Waals surface area contributed by atoms with E-state index in [9.17, 15) is 4.79 Å². The van der Waals surface area contributed by atoms with Gasteiger partial charge in [0.15, 0.2) is 11.5 Å². The highest BCUT2D eigenvalue weighted by molar-refractivity contribution is 6.09. The van der Waals surface area contributed by atoms with Crippen LogP contribution in [0, 0.1) is 13.8 Å². The van der Waals surface area contributed by atoms with Gasteiger partial charge in [0.05, 0.1) is 37.5 Å². The van der Waals surface area contributed by atoms with Crippen molar-refractivity contribution < 1.29 is 19.0 Å². The van der Waals surface area contributed by atoms with Crippen LogP contribution in [0.5, 0.6) is 11.5 Å². The normalized spacial score (nSPS) is 10.9. The Hall–Kier alpha value is -4.00. The molecule has 7 nitrogen and oxygen atoms in total. The molecule has 0 aliphatic carbocycles. The molecule has 1 heterocycles. The summed E-state index contributed by atoms with van der Waals surface area (Å²) in [6, 6.07) is 16.2. The maximum atomic E-state index is 11.3. The van der Waals surface area contributed by atoms with Crippen LogP contribution < -0.4 is 20.1 Å². The first-order valence-corrected chi connectivity index (χ1v) is 11.1. The van der Waals surface area contributed by atoms with Crippen molar-refractivity contribution in [3.63, 3.8) is 0 Å². The first-order valence-electron chi connectivity index (χ1n) is 11.1. The lowest BCUT2D eigenvalue weighted by Crippen LogP contribution is -2.20. The number of hydrogen-bond acceptors (Lipinski definition) is 6. The van der Waals surface area contributed by atoms with Crippen LogP contribution in [0.4, 0.5) is 16.2 Å². The summed E-state index contributed by atoms with van der Waals surface area (Å²) in [5, 5.41) is 8.03. The number of pyridine rings is 1. The molecule has 0 saturated carbocycles. The number of benzene rings is 3. The number of anilines is 2. The van der Waals surface area contributed by atoms with Crippen LogP contribution >= 0.6 is 0 Å². The van der Waals surface area contributed by atoms with Gasteiger partial charge in [0.1, 0.15) is 0 Å². The van der Waals surface area contributed by atoms with Crippen molar-refractivity contribution in [3.05, 3.63) is 65.2 Å². The lowest BCUT2D eigenvalue weighted by molar-refractivity contribution is 0.150. The second kappa shape index (κ2) is 9.87. The molecule has 34 heavy (non-hydrogen) atoms. The van der Waals surface area contributed by atoms with Crippen LogP contribution in [-0.2, 0) is 11.2 Å². The molecule has 0 fully saturated rings. The van der Waals surface area contributed by atoms with Crippen LogP contribution in [0.3, 0.4) is 0 Å². The van der Waals surface area contributed by atoms with E-state index in [1.165, 1.54) is 11.1 Å². The van der Waals surface area contributed by atoms with E-state index in [-0.39, 0.29) is 0 Å². The number of amides is 1. The Balaban J connectivity index is 1.80. The standard InChI is InChI=1S/C27H29N3O4/c1-16-11-20-22(12-17(16)2)30-23-15-25(33-5)24(32-4)14-21(23)26(20)29-19-8-6-7-18(13-19)9-10-34-27(31)28-3/h6-8,11-15H,9-10H2,1-5H3,(H,28,31)(H,29,30). The lowest BCUT2D eigenvalue weighted by atomic mass is 10.0. The molecule has 0 bridgehead atoms. The summed E-state index contributed by atoms with van der Waals surface area (Å²) < 4.78 is 16.2. The van der Waals surface area contributed by atoms with Crippen LogP contribution in [0.1, 0.15) is 16.7 Å². The molecule has 0 radical (unpaired) electrons.